The third kappa shape index (κ3) is 4.19. The minimum Gasteiger partial charge on any atom is -0.378 e. The van der Waals surface area contributed by atoms with Gasteiger partial charge >= 0.3 is 0 Å². The Balaban J connectivity index is 1.55. The van der Waals surface area contributed by atoms with E-state index in [0.717, 1.165) is 16.7 Å². The van der Waals surface area contributed by atoms with E-state index in [9.17, 15) is 4.79 Å². The van der Waals surface area contributed by atoms with Crippen molar-refractivity contribution in [1.29, 1.82) is 0 Å². The van der Waals surface area contributed by atoms with E-state index in [1.165, 1.54) is 0 Å². The molecular weight excluding hydrogens is 302 g/mol. The molecule has 1 amide bonds. The molecule has 1 aliphatic rings. The fourth-order valence-corrected chi connectivity index (χ4v) is 2.78. The van der Waals surface area contributed by atoms with Gasteiger partial charge in [-0.25, -0.2) is 0 Å². The molecule has 1 aromatic carbocycles. The van der Waals surface area contributed by atoms with E-state index in [1.54, 1.807) is 6.20 Å². The molecule has 2 aromatic rings. The largest absolute Gasteiger partial charge is 0.378 e. The van der Waals surface area contributed by atoms with Crippen LogP contribution in [0.4, 0.5) is 0 Å². The highest BCUT2D eigenvalue weighted by molar-refractivity contribution is 5.78. The normalized spacial score (nSPS) is 16.0. The van der Waals surface area contributed by atoms with Crippen LogP contribution < -0.4 is 5.32 Å². The van der Waals surface area contributed by atoms with Gasteiger partial charge < -0.3 is 15.0 Å². The molecule has 0 radical (unpaired) electrons. The Hall–Kier alpha value is -2.24. The highest BCUT2D eigenvalue weighted by Crippen LogP contribution is 2.21. The van der Waals surface area contributed by atoms with Crippen LogP contribution in [0.25, 0.3) is 11.1 Å². The lowest BCUT2D eigenvalue weighted by Gasteiger charge is -2.27. The molecular formula is C19H23N3O2. The summed E-state index contributed by atoms with van der Waals surface area (Å²) in [6.07, 6.45) is 3.63. The lowest BCUT2D eigenvalue weighted by molar-refractivity contribution is -0.134. The summed E-state index contributed by atoms with van der Waals surface area (Å²) in [5, 5.41) is 3.31. The highest BCUT2D eigenvalue weighted by Gasteiger charge is 2.17. The molecule has 0 aliphatic carbocycles. The van der Waals surface area contributed by atoms with Gasteiger partial charge in [0.25, 0.3) is 0 Å². The summed E-state index contributed by atoms with van der Waals surface area (Å²) >= 11 is 0. The molecule has 0 bridgehead atoms. The van der Waals surface area contributed by atoms with Crippen molar-refractivity contribution in [3.05, 3.63) is 54.4 Å². The maximum Gasteiger partial charge on any atom is 0.236 e. The molecule has 1 aliphatic heterocycles. The second-order valence-electron chi connectivity index (χ2n) is 5.96. The lowest BCUT2D eigenvalue weighted by Crippen LogP contribution is -2.45. The summed E-state index contributed by atoms with van der Waals surface area (Å²) in [7, 11) is 0. The Morgan fingerprint density at radius 3 is 2.62 bits per heavy atom. The quantitative estimate of drug-likeness (QED) is 0.916. The molecule has 2 heterocycles. The van der Waals surface area contributed by atoms with Gasteiger partial charge in [-0.2, -0.15) is 0 Å². The molecule has 0 saturated carbocycles. The number of carbonyl (C=O) groups excluding carboxylic acids is 1. The standard InChI is InChI=1S/C19H23N3O2/c1-15(21-14-19(23)22-9-11-24-12-10-22)16-4-6-17(7-5-16)18-3-2-8-20-13-18/h2-8,13,15,21H,9-12,14H2,1H3. The number of hydrogen-bond donors (Lipinski definition) is 1. The van der Waals surface area contributed by atoms with Gasteiger partial charge in [-0.15, -0.1) is 0 Å². The Labute approximate surface area is 142 Å². The van der Waals surface area contributed by atoms with Crippen LogP contribution in [0, 0.1) is 0 Å². The monoisotopic (exact) mass is 325 g/mol. The summed E-state index contributed by atoms with van der Waals surface area (Å²) in [5.74, 6) is 0.136. The summed E-state index contributed by atoms with van der Waals surface area (Å²) in [6.45, 7) is 5.08. The van der Waals surface area contributed by atoms with E-state index < -0.39 is 0 Å². The number of benzene rings is 1. The van der Waals surface area contributed by atoms with E-state index >= 15 is 0 Å². The Morgan fingerprint density at radius 2 is 1.96 bits per heavy atom. The molecule has 1 saturated heterocycles. The number of amides is 1. The SMILES string of the molecule is CC(NCC(=O)N1CCOCC1)c1ccc(-c2cccnc2)cc1. The average Bonchev–Trinajstić information content (AvgIpc) is 2.67. The molecule has 1 atom stereocenters. The van der Waals surface area contributed by atoms with Gasteiger partial charge in [0.2, 0.25) is 5.91 Å². The van der Waals surface area contributed by atoms with E-state index in [-0.39, 0.29) is 11.9 Å². The van der Waals surface area contributed by atoms with E-state index in [2.05, 4.69) is 41.5 Å². The second kappa shape index (κ2) is 8.04. The van der Waals surface area contributed by atoms with Crippen molar-refractivity contribution in [2.24, 2.45) is 0 Å². The fraction of sp³-hybridized carbons (Fsp3) is 0.368. The molecule has 1 N–H and O–H groups in total. The zero-order valence-electron chi connectivity index (χ0n) is 13.9. The van der Waals surface area contributed by atoms with Gasteiger partial charge in [0.15, 0.2) is 0 Å². The molecule has 126 valence electrons. The number of ether oxygens (including phenoxy) is 1. The van der Waals surface area contributed by atoms with Crippen molar-refractivity contribution >= 4 is 5.91 Å². The first-order valence-electron chi connectivity index (χ1n) is 8.33. The van der Waals surface area contributed by atoms with Gasteiger partial charge in [-0.05, 0) is 29.7 Å². The highest BCUT2D eigenvalue weighted by atomic mass is 16.5. The molecule has 5 nitrogen and oxygen atoms in total. The third-order valence-corrected chi connectivity index (χ3v) is 4.33. The predicted molar refractivity (Wildman–Crippen MR) is 93.5 cm³/mol. The molecule has 3 rings (SSSR count). The molecule has 0 spiro atoms. The smallest absolute Gasteiger partial charge is 0.236 e. The number of hydrogen-bond acceptors (Lipinski definition) is 4. The first-order valence-corrected chi connectivity index (χ1v) is 8.33. The maximum absolute atomic E-state index is 12.2. The second-order valence-corrected chi connectivity index (χ2v) is 5.96. The first-order chi connectivity index (χ1) is 11.7. The van der Waals surface area contributed by atoms with Gasteiger partial charge in [0, 0.05) is 31.5 Å². The van der Waals surface area contributed by atoms with Crippen LogP contribution in [0.1, 0.15) is 18.5 Å². The van der Waals surface area contributed by atoms with Gasteiger partial charge in [-0.3, -0.25) is 9.78 Å². The Bertz CT molecular complexity index is 652. The van der Waals surface area contributed by atoms with Crippen LogP contribution in [0.2, 0.25) is 0 Å². The molecule has 24 heavy (non-hydrogen) atoms. The average molecular weight is 325 g/mol. The topological polar surface area (TPSA) is 54.5 Å². The van der Waals surface area contributed by atoms with E-state index in [1.807, 2.05) is 23.2 Å². The molecule has 5 heteroatoms. The van der Waals surface area contributed by atoms with Crippen molar-refractivity contribution in [2.45, 2.75) is 13.0 Å². The van der Waals surface area contributed by atoms with Crippen molar-refractivity contribution in [1.82, 2.24) is 15.2 Å². The number of aromatic nitrogens is 1. The minimum absolute atomic E-state index is 0.123. The maximum atomic E-state index is 12.2. The van der Waals surface area contributed by atoms with Gasteiger partial charge in [0.1, 0.15) is 0 Å². The van der Waals surface area contributed by atoms with Crippen molar-refractivity contribution in [3.8, 4) is 11.1 Å². The van der Waals surface area contributed by atoms with Crippen LogP contribution in [-0.4, -0.2) is 48.6 Å². The summed E-state index contributed by atoms with van der Waals surface area (Å²) < 4.78 is 5.27. The number of carbonyl (C=O) groups is 1. The van der Waals surface area contributed by atoms with Crippen LogP contribution in [0.5, 0.6) is 0 Å². The number of nitrogens with zero attached hydrogens (tertiary/aromatic N) is 2. The zero-order chi connectivity index (χ0) is 16.8. The number of pyridine rings is 1. The first kappa shape index (κ1) is 16.6. The number of rotatable bonds is 5. The predicted octanol–water partition coefficient (Wildman–Crippen LogP) is 2.26. The molecule has 1 aromatic heterocycles. The zero-order valence-corrected chi connectivity index (χ0v) is 13.9. The summed E-state index contributed by atoms with van der Waals surface area (Å²) in [5.41, 5.74) is 3.41. The summed E-state index contributed by atoms with van der Waals surface area (Å²) in [4.78, 5) is 18.2. The van der Waals surface area contributed by atoms with Crippen LogP contribution in [0.15, 0.2) is 48.8 Å². The third-order valence-electron chi connectivity index (χ3n) is 4.33. The minimum atomic E-state index is 0.123. The Kier molecular flexibility index (Phi) is 5.56. The number of nitrogens with one attached hydrogen (secondary N) is 1. The van der Waals surface area contributed by atoms with Gasteiger partial charge in [-0.1, -0.05) is 30.3 Å². The fourth-order valence-electron chi connectivity index (χ4n) is 2.78. The molecule has 1 fully saturated rings. The van der Waals surface area contributed by atoms with E-state index in [4.69, 9.17) is 4.74 Å². The van der Waals surface area contributed by atoms with Crippen LogP contribution in [-0.2, 0) is 9.53 Å². The van der Waals surface area contributed by atoms with Crippen LogP contribution >= 0.6 is 0 Å². The summed E-state index contributed by atoms with van der Waals surface area (Å²) in [6, 6.07) is 12.5. The Morgan fingerprint density at radius 1 is 1.21 bits per heavy atom. The van der Waals surface area contributed by atoms with Crippen molar-refractivity contribution in [2.75, 3.05) is 32.8 Å². The van der Waals surface area contributed by atoms with Crippen molar-refractivity contribution in [3.63, 3.8) is 0 Å². The van der Waals surface area contributed by atoms with Gasteiger partial charge in [0.05, 0.1) is 19.8 Å². The van der Waals surface area contributed by atoms with E-state index in [0.29, 0.717) is 32.8 Å². The lowest BCUT2D eigenvalue weighted by atomic mass is 10.0. The van der Waals surface area contributed by atoms with Crippen molar-refractivity contribution < 1.29 is 9.53 Å². The van der Waals surface area contributed by atoms with Crippen LogP contribution in [0.3, 0.4) is 0 Å². The number of morpholine rings is 1. The molecule has 1 unspecified atom stereocenters.